The molecule has 1 aliphatic heterocycles. The Morgan fingerprint density at radius 3 is 2.50 bits per heavy atom. The van der Waals surface area contributed by atoms with Crippen molar-refractivity contribution in [2.45, 2.75) is 45.1 Å². The van der Waals surface area contributed by atoms with E-state index >= 15 is 0 Å². The number of amides is 1. The number of sulfonamides is 1. The fraction of sp³-hybridized carbons (Fsp3) is 0.529. The third-order valence-corrected chi connectivity index (χ3v) is 5.25. The van der Waals surface area contributed by atoms with E-state index in [9.17, 15) is 13.2 Å². The smallest absolute Gasteiger partial charge is 0.263 e. The second-order valence-corrected chi connectivity index (χ2v) is 8.39. The summed E-state index contributed by atoms with van der Waals surface area (Å²) in [7, 11) is -3.59. The van der Waals surface area contributed by atoms with Gasteiger partial charge in [-0.05, 0) is 30.4 Å². The first-order chi connectivity index (χ1) is 11.2. The van der Waals surface area contributed by atoms with Gasteiger partial charge in [0.05, 0.1) is 4.90 Å². The van der Waals surface area contributed by atoms with E-state index in [2.05, 4.69) is 28.9 Å². The van der Waals surface area contributed by atoms with Gasteiger partial charge in [-0.1, -0.05) is 39.8 Å². The number of amidine groups is 1. The van der Waals surface area contributed by atoms with E-state index in [1.165, 1.54) is 6.07 Å². The molecular weight excluding hydrogens is 326 g/mol. The predicted molar refractivity (Wildman–Crippen MR) is 94.4 cm³/mol. The first-order valence-corrected chi connectivity index (χ1v) is 9.68. The molecule has 1 amide bonds. The van der Waals surface area contributed by atoms with Crippen molar-refractivity contribution in [3.8, 4) is 0 Å². The molecule has 1 aromatic carbocycles. The molecule has 1 heterocycles. The van der Waals surface area contributed by atoms with Crippen molar-refractivity contribution in [3.05, 3.63) is 29.8 Å². The molecular formula is C17H25N3O3S. The fourth-order valence-electron chi connectivity index (χ4n) is 2.47. The zero-order chi connectivity index (χ0) is 17.9. The van der Waals surface area contributed by atoms with Gasteiger partial charge in [-0.15, -0.1) is 0 Å². The molecule has 6 nitrogen and oxygen atoms in total. The number of carbonyl (C=O) groups excluding carboxylic acids is 1. The van der Waals surface area contributed by atoms with Crippen LogP contribution in [-0.2, 0) is 14.8 Å². The van der Waals surface area contributed by atoms with Gasteiger partial charge in [0.25, 0.3) is 10.0 Å². The maximum Gasteiger partial charge on any atom is 0.263 e. The lowest BCUT2D eigenvalue weighted by molar-refractivity contribution is -0.123. The summed E-state index contributed by atoms with van der Waals surface area (Å²) in [5, 5.41) is 2.89. The van der Waals surface area contributed by atoms with E-state index in [-0.39, 0.29) is 22.6 Å². The SMILES string of the molecule is CC(C)CCNC(=O)[C@@H](N=C1NS(=O)(=O)c2ccccc21)C(C)C. The molecule has 132 valence electrons. The van der Waals surface area contributed by atoms with Gasteiger partial charge in [0.1, 0.15) is 11.9 Å². The summed E-state index contributed by atoms with van der Waals surface area (Å²) in [6, 6.07) is 6.01. The van der Waals surface area contributed by atoms with Crippen molar-refractivity contribution in [1.29, 1.82) is 0 Å². The highest BCUT2D eigenvalue weighted by Gasteiger charge is 2.32. The van der Waals surface area contributed by atoms with Crippen molar-refractivity contribution in [3.63, 3.8) is 0 Å². The number of fused-ring (bicyclic) bond motifs is 1. The molecule has 1 aliphatic rings. The first-order valence-electron chi connectivity index (χ1n) is 8.20. The topological polar surface area (TPSA) is 87.6 Å². The van der Waals surface area contributed by atoms with Crippen LogP contribution in [0.5, 0.6) is 0 Å². The predicted octanol–water partition coefficient (Wildman–Crippen LogP) is 1.91. The minimum atomic E-state index is -3.59. The number of hydrogen-bond donors (Lipinski definition) is 2. The molecule has 0 aliphatic carbocycles. The Labute approximate surface area is 143 Å². The molecule has 0 saturated heterocycles. The normalized spacial score (nSPS) is 18.5. The molecule has 0 bridgehead atoms. The highest BCUT2D eigenvalue weighted by molar-refractivity contribution is 7.90. The molecule has 1 atom stereocenters. The van der Waals surface area contributed by atoms with Crippen LogP contribution in [-0.4, -0.2) is 32.7 Å². The molecule has 0 fully saturated rings. The van der Waals surface area contributed by atoms with Crippen LogP contribution >= 0.6 is 0 Å². The van der Waals surface area contributed by atoms with Crippen molar-refractivity contribution < 1.29 is 13.2 Å². The maximum absolute atomic E-state index is 12.4. The van der Waals surface area contributed by atoms with Gasteiger partial charge in [0, 0.05) is 12.1 Å². The Hall–Kier alpha value is -1.89. The standard InChI is InChI=1S/C17H25N3O3S/c1-11(2)9-10-18-17(21)15(12(3)4)19-16-13-7-5-6-8-14(13)24(22,23)20-16/h5-8,11-12,15H,9-10H2,1-4H3,(H,18,21)(H,19,20)/t15-/m0/s1. The van der Waals surface area contributed by atoms with E-state index in [0.717, 1.165) is 6.42 Å². The first kappa shape index (κ1) is 18.4. The van der Waals surface area contributed by atoms with Crippen LogP contribution in [0.4, 0.5) is 0 Å². The summed E-state index contributed by atoms with van der Waals surface area (Å²) in [6.45, 7) is 8.57. The van der Waals surface area contributed by atoms with Gasteiger partial charge >= 0.3 is 0 Å². The summed E-state index contributed by atoms with van der Waals surface area (Å²) in [5.41, 5.74) is 0.512. The number of carbonyl (C=O) groups is 1. The lowest BCUT2D eigenvalue weighted by Gasteiger charge is -2.17. The van der Waals surface area contributed by atoms with Crippen molar-refractivity contribution in [1.82, 2.24) is 10.0 Å². The lowest BCUT2D eigenvalue weighted by Crippen LogP contribution is -2.39. The Morgan fingerprint density at radius 2 is 1.88 bits per heavy atom. The van der Waals surface area contributed by atoms with E-state index < -0.39 is 16.1 Å². The number of nitrogens with one attached hydrogen (secondary N) is 2. The summed E-state index contributed by atoms with van der Waals surface area (Å²) in [5.74, 6) is 0.515. The van der Waals surface area contributed by atoms with E-state index in [1.54, 1.807) is 18.2 Å². The van der Waals surface area contributed by atoms with Gasteiger partial charge in [-0.2, -0.15) is 0 Å². The van der Waals surface area contributed by atoms with Crippen LogP contribution in [0.15, 0.2) is 34.2 Å². The Morgan fingerprint density at radius 1 is 1.21 bits per heavy atom. The fourth-order valence-corrected chi connectivity index (χ4v) is 3.71. The minimum absolute atomic E-state index is 0.0474. The number of nitrogens with zero attached hydrogens (tertiary/aromatic N) is 1. The lowest BCUT2D eigenvalue weighted by atomic mass is 10.0. The quantitative estimate of drug-likeness (QED) is 0.821. The Kier molecular flexibility index (Phi) is 5.64. The Bertz CT molecular complexity index is 739. The molecule has 1 aromatic rings. The van der Waals surface area contributed by atoms with E-state index in [1.807, 2.05) is 13.8 Å². The van der Waals surface area contributed by atoms with E-state index in [0.29, 0.717) is 18.0 Å². The molecule has 24 heavy (non-hydrogen) atoms. The minimum Gasteiger partial charge on any atom is -0.354 e. The van der Waals surface area contributed by atoms with Gasteiger partial charge < -0.3 is 5.32 Å². The molecule has 0 aromatic heterocycles. The summed E-state index contributed by atoms with van der Waals surface area (Å²) >= 11 is 0. The summed E-state index contributed by atoms with van der Waals surface area (Å²) in [4.78, 5) is 17.1. The molecule has 2 rings (SSSR count). The third kappa shape index (κ3) is 4.14. The average molecular weight is 351 g/mol. The van der Waals surface area contributed by atoms with Crippen LogP contribution in [0, 0.1) is 11.8 Å². The van der Waals surface area contributed by atoms with Crippen molar-refractivity contribution >= 4 is 21.8 Å². The molecule has 0 unspecified atom stereocenters. The number of rotatable bonds is 6. The van der Waals surface area contributed by atoms with Crippen LogP contribution in [0.1, 0.15) is 39.7 Å². The Balaban J connectivity index is 2.25. The van der Waals surface area contributed by atoms with Gasteiger partial charge in [0.2, 0.25) is 5.91 Å². The molecule has 7 heteroatoms. The van der Waals surface area contributed by atoms with Gasteiger partial charge in [-0.3, -0.25) is 14.5 Å². The molecule has 2 N–H and O–H groups in total. The van der Waals surface area contributed by atoms with Crippen molar-refractivity contribution in [2.24, 2.45) is 16.8 Å². The zero-order valence-corrected chi connectivity index (χ0v) is 15.4. The average Bonchev–Trinajstić information content (AvgIpc) is 2.75. The van der Waals surface area contributed by atoms with E-state index in [4.69, 9.17) is 0 Å². The number of aliphatic imine (C=N–C) groups is 1. The highest BCUT2D eigenvalue weighted by atomic mass is 32.2. The van der Waals surface area contributed by atoms with Crippen molar-refractivity contribution in [2.75, 3.05) is 6.54 Å². The van der Waals surface area contributed by atoms with Crippen LogP contribution in [0.25, 0.3) is 0 Å². The molecule has 0 spiro atoms. The van der Waals surface area contributed by atoms with Crippen LogP contribution in [0.3, 0.4) is 0 Å². The maximum atomic E-state index is 12.4. The van der Waals surface area contributed by atoms with Gasteiger partial charge in [-0.25, -0.2) is 8.42 Å². The summed E-state index contributed by atoms with van der Waals surface area (Å²) < 4.78 is 26.7. The largest absolute Gasteiger partial charge is 0.354 e. The monoisotopic (exact) mass is 351 g/mol. The second-order valence-electron chi connectivity index (χ2n) is 6.74. The van der Waals surface area contributed by atoms with Crippen LogP contribution < -0.4 is 10.0 Å². The zero-order valence-electron chi connectivity index (χ0n) is 14.5. The second kappa shape index (κ2) is 7.34. The number of benzene rings is 1. The third-order valence-electron chi connectivity index (χ3n) is 3.85. The van der Waals surface area contributed by atoms with Gasteiger partial charge in [0.15, 0.2) is 0 Å². The number of hydrogen-bond acceptors (Lipinski definition) is 4. The summed E-state index contributed by atoms with van der Waals surface area (Å²) in [6.07, 6.45) is 0.891. The molecule has 0 radical (unpaired) electrons. The molecule has 0 saturated carbocycles. The highest BCUT2D eigenvalue weighted by Crippen LogP contribution is 2.23. The van der Waals surface area contributed by atoms with Crippen LogP contribution in [0.2, 0.25) is 0 Å².